The number of esters is 1. The molecule has 0 amide bonds. The number of carbonyl (C=O) groups is 1. The van der Waals surface area contributed by atoms with Crippen molar-refractivity contribution in [1.29, 1.82) is 0 Å². The van der Waals surface area contributed by atoms with Gasteiger partial charge in [0.05, 0.1) is 16.6 Å². The van der Waals surface area contributed by atoms with Crippen LogP contribution in [0.4, 0.5) is 0 Å². The Morgan fingerprint density at radius 2 is 2.03 bits per heavy atom. The molecule has 2 aliphatic heterocycles. The molecule has 0 spiro atoms. The molecule has 0 radical (unpaired) electrons. The molecule has 1 saturated heterocycles. The summed E-state index contributed by atoms with van der Waals surface area (Å²) in [5, 5.41) is 16.2. The number of ether oxygens (including phenoxy) is 1. The lowest BCUT2D eigenvalue weighted by Gasteiger charge is -2.22. The highest BCUT2D eigenvalue weighted by molar-refractivity contribution is 7.89. The van der Waals surface area contributed by atoms with Gasteiger partial charge in [-0.25, -0.2) is 18.4 Å². The van der Waals surface area contributed by atoms with Gasteiger partial charge in [0.1, 0.15) is 6.61 Å². The van der Waals surface area contributed by atoms with Gasteiger partial charge in [-0.1, -0.05) is 24.3 Å². The van der Waals surface area contributed by atoms with Gasteiger partial charge >= 0.3 is 5.97 Å². The number of benzene rings is 2. The first-order valence-corrected chi connectivity index (χ1v) is 11.1. The number of nitrogens with two attached hydrogens (primary N) is 1. The second-order valence-electron chi connectivity index (χ2n) is 7.73. The molecule has 2 atom stereocenters. The van der Waals surface area contributed by atoms with Gasteiger partial charge in [-0.05, 0) is 54.6 Å². The van der Waals surface area contributed by atoms with Crippen LogP contribution >= 0.6 is 0 Å². The summed E-state index contributed by atoms with van der Waals surface area (Å²) in [5.74, 6) is -0.274. The fraction of sp³-hybridized carbons (Fsp3) is 0.381. The number of aliphatic hydroxyl groups excluding tert-OH is 1. The van der Waals surface area contributed by atoms with Crippen LogP contribution in [0.15, 0.2) is 41.3 Å². The molecule has 8 heteroatoms. The number of rotatable bonds is 5. The molecule has 7 nitrogen and oxygen atoms in total. The number of β-amino-alcohol motifs (C(OH)–C–C–N with tert-alkyl or cyclic N) is 1. The largest absolute Gasteiger partial charge is 0.457 e. The fourth-order valence-electron chi connectivity index (χ4n) is 4.40. The lowest BCUT2D eigenvalue weighted by Crippen LogP contribution is -2.27. The topological polar surface area (TPSA) is 110 Å². The van der Waals surface area contributed by atoms with Crippen LogP contribution in [0.1, 0.15) is 51.1 Å². The van der Waals surface area contributed by atoms with E-state index >= 15 is 0 Å². The van der Waals surface area contributed by atoms with E-state index in [9.17, 15) is 18.3 Å². The van der Waals surface area contributed by atoms with Crippen molar-refractivity contribution in [1.82, 2.24) is 4.90 Å². The first kappa shape index (κ1) is 20.0. The highest BCUT2D eigenvalue weighted by atomic mass is 32.2. The SMILES string of the molecule is Cc1c([C@@H](O)CN2CC[C@H](c3ccccc3S(N)(=O)=O)C2)ccc2c1COC2=O. The monoisotopic (exact) mass is 416 g/mol. The first-order valence-electron chi connectivity index (χ1n) is 9.57. The van der Waals surface area contributed by atoms with E-state index in [1.807, 2.05) is 19.1 Å². The zero-order valence-corrected chi connectivity index (χ0v) is 17.0. The number of sulfonamides is 1. The van der Waals surface area contributed by atoms with Crippen molar-refractivity contribution in [2.24, 2.45) is 5.14 Å². The Kier molecular flexibility index (Phi) is 5.20. The Balaban J connectivity index is 1.49. The van der Waals surface area contributed by atoms with Gasteiger partial charge in [0.15, 0.2) is 0 Å². The van der Waals surface area contributed by atoms with Gasteiger partial charge in [0, 0.05) is 18.7 Å². The number of nitrogens with zero attached hydrogens (tertiary/aromatic N) is 1. The van der Waals surface area contributed by atoms with Crippen LogP contribution in [0.2, 0.25) is 0 Å². The molecule has 0 aliphatic carbocycles. The van der Waals surface area contributed by atoms with E-state index < -0.39 is 16.1 Å². The Labute approximate surface area is 170 Å². The minimum atomic E-state index is -3.78. The molecule has 4 rings (SSSR count). The third kappa shape index (κ3) is 3.81. The summed E-state index contributed by atoms with van der Waals surface area (Å²) >= 11 is 0. The number of aliphatic hydroxyl groups is 1. The highest BCUT2D eigenvalue weighted by Crippen LogP contribution is 2.33. The van der Waals surface area contributed by atoms with Gasteiger partial charge in [0.25, 0.3) is 0 Å². The predicted octanol–water partition coefficient (Wildman–Crippen LogP) is 1.84. The third-order valence-corrected chi connectivity index (χ3v) is 6.92. The maximum absolute atomic E-state index is 11.9. The lowest BCUT2D eigenvalue weighted by atomic mass is 9.95. The molecule has 1 fully saturated rings. The molecule has 2 heterocycles. The maximum Gasteiger partial charge on any atom is 0.338 e. The van der Waals surface area contributed by atoms with Crippen molar-refractivity contribution >= 4 is 16.0 Å². The highest BCUT2D eigenvalue weighted by Gasteiger charge is 2.30. The molecule has 2 aromatic carbocycles. The van der Waals surface area contributed by atoms with Gasteiger partial charge in [-0.2, -0.15) is 0 Å². The zero-order valence-electron chi connectivity index (χ0n) is 16.2. The van der Waals surface area contributed by atoms with Crippen molar-refractivity contribution < 1.29 is 23.1 Å². The Morgan fingerprint density at radius 1 is 1.28 bits per heavy atom. The maximum atomic E-state index is 11.9. The minimum Gasteiger partial charge on any atom is -0.457 e. The Bertz CT molecular complexity index is 1070. The van der Waals surface area contributed by atoms with E-state index in [1.54, 1.807) is 24.3 Å². The molecule has 154 valence electrons. The normalized spacial score (nSPS) is 20.5. The van der Waals surface area contributed by atoms with Crippen LogP contribution < -0.4 is 5.14 Å². The molecule has 2 aromatic rings. The quantitative estimate of drug-likeness (QED) is 0.720. The van der Waals surface area contributed by atoms with Crippen molar-refractivity contribution in [2.75, 3.05) is 19.6 Å². The van der Waals surface area contributed by atoms with Gasteiger partial charge in [-0.15, -0.1) is 0 Å². The van der Waals surface area contributed by atoms with Gasteiger partial charge in [-0.3, -0.25) is 4.90 Å². The molecule has 0 saturated carbocycles. The summed E-state index contributed by atoms with van der Waals surface area (Å²) in [6, 6.07) is 10.3. The average Bonchev–Trinajstić information content (AvgIpc) is 3.29. The second-order valence-corrected chi connectivity index (χ2v) is 9.26. The van der Waals surface area contributed by atoms with Crippen LogP contribution in [-0.4, -0.2) is 44.0 Å². The number of hydrogen-bond acceptors (Lipinski definition) is 6. The summed E-state index contributed by atoms with van der Waals surface area (Å²) in [7, 11) is -3.78. The molecular formula is C21H24N2O5S. The average molecular weight is 416 g/mol. The number of primary sulfonamides is 1. The van der Waals surface area contributed by atoms with Gasteiger partial charge in [0.2, 0.25) is 10.0 Å². The van der Waals surface area contributed by atoms with Crippen molar-refractivity contribution in [2.45, 2.75) is 36.9 Å². The van der Waals surface area contributed by atoms with E-state index in [4.69, 9.17) is 9.88 Å². The zero-order chi connectivity index (χ0) is 20.8. The Hall–Kier alpha value is -2.26. The van der Waals surface area contributed by atoms with Gasteiger partial charge < -0.3 is 9.84 Å². The molecule has 0 aromatic heterocycles. The van der Waals surface area contributed by atoms with Crippen molar-refractivity contribution in [3.05, 3.63) is 64.2 Å². The summed E-state index contributed by atoms with van der Waals surface area (Å²) in [6.45, 7) is 3.98. The molecule has 3 N–H and O–H groups in total. The minimum absolute atomic E-state index is 0.0452. The van der Waals surface area contributed by atoms with E-state index in [2.05, 4.69) is 4.90 Å². The lowest BCUT2D eigenvalue weighted by molar-refractivity contribution is 0.0535. The number of likely N-dealkylation sites (tertiary alicyclic amines) is 1. The standard InChI is InChI=1S/C21H24N2O5S/c1-13-15(6-7-17-18(13)12-28-21(17)25)19(24)11-23-9-8-14(10-23)16-4-2-3-5-20(16)29(22,26)27/h2-7,14,19,24H,8-12H2,1H3,(H2,22,26,27)/t14-,19-/m0/s1. The number of cyclic esters (lactones) is 1. The molecule has 29 heavy (non-hydrogen) atoms. The molecule has 0 bridgehead atoms. The van der Waals surface area contributed by atoms with Crippen LogP contribution in [0.3, 0.4) is 0 Å². The summed E-state index contributed by atoms with van der Waals surface area (Å²) < 4.78 is 28.9. The van der Waals surface area contributed by atoms with Crippen LogP contribution in [0, 0.1) is 6.92 Å². The first-order chi connectivity index (χ1) is 13.8. The predicted molar refractivity (Wildman–Crippen MR) is 107 cm³/mol. The molecule has 2 aliphatic rings. The smallest absolute Gasteiger partial charge is 0.338 e. The fourth-order valence-corrected chi connectivity index (χ4v) is 5.23. The van der Waals surface area contributed by atoms with Crippen molar-refractivity contribution in [3.63, 3.8) is 0 Å². The Morgan fingerprint density at radius 3 is 2.79 bits per heavy atom. The van der Waals surface area contributed by atoms with E-state index in [0.29, 0.717) is 18.7 Å². The number of fused-ring (bicyclic) bond motifs is 1. The van der Waals surface area contributed by atoms with E-state index in [-0.39, 0.29) is 23.4 Å². The number of hydrogen-bond donors (Lipinski definition) is 2. The van der Waals surface area contributed by atoms with E-state index in [0.717, 1.165) is 35.2 Å². The summed E-state index contributed by atoms with van der Waals surface area (Å²) in [5.41, 5.74) is 3.81. The summed E-state index contributed by atoms with van der Waals surface area (Å²) in [6.07, 6.45) is 0.0911. The molecule has 0 unspecified atom stereocenters. The number of carbonyl (C=O) groups excluding carboxylic acids is 1. The van der Waals surface area contributed by atoms with Crippen LogP contribution in [-0.2, 0) is 21.4 Å². The van der Waals surface area contributed by atoms with Crippen LogP contribution in [0.25, 0.3) is 0 Å². The van der Waals surface area contributed by atoms with E-state index in [1.165, 1.54) is 0 Å². The summed E-state index contributed by atoms with van der Waals surface area (Å²) in [4.78, 5) is 14.0. The molecular weight excluding hydrogens is 392 g/mol. The van der Waals surface area contributed by atoms with Crippen molar-refractivity contribution in [3.8, 4) is 0 Å². The second kappa shape index (κ2) is 7.53. The van der Waals surface area contributed by atoms with Crippen LogP contribution in [0.5, 0.6) is 0 Å². The third-order valence-electron chi connectivity index (χ3n) is 5.94.